The molecule has 98 valence electrons. The van der Waals surface area contributed by atoms with E-state index in [-0.39, 0.29) is 6.03 Å². The largest absolute Gasteiger partial charge is 0.325 e. The molecule has 0 unspecified atom stereocenters. The molecule has 1 aromatic heterocycles. The molecule has 1 aliphatic rings. The summed E-state index contributed by atoms with van der Waals surface area (Å²) < 4.78 is 0. The van der Waals surface area contributed by atoms with Gasteiger partial charge in [0.05, 0.1) is 11.4 Å². The molecule has 1 N–H and O–H groups in total. The molecule has 0 aromatic carbocycles. The van der Waals surface area contributed by atoms with Gasteiger partial charge in [-0.3, -0.25) is 4.98 Å². The third-order valence-electron chi connectivity index (χ3n) is 3.54. The molecule has 1 saturated heterocycles. The second kappa shape index (κ2) is 5.38. The summed E-state index contributed by atoms with van der Waals surface area (Å²) in [6.45, 7) is 7.81. The van der Waals surface area contributed by atoms with Crippen molar-refractivity contribution in [2.45, 2.75) is 33.6 Å². The molecular weight excluding hydrogens is 226 g/mol. The quantitative estimate of drug-likeness (QED) is 0.829. The number of urea groups is 1. The van der Waals surface area contributed by atoms with Crippen LogP contribution in [-0.4, -0.2) is 29.0 Å². The molecule has 0 aliphatic carbocycles. The highest BCUT2D eigenvalue weighted by molar-refractivity contribution is 5.89. The van der Waals surface area contributed by atoms with E-state index < -0.39 is 0 Å². The Morgan fingerprint density at radius 3 is 2.61 bits per heavy atom. The second-order valence-corrected chi connectivity index (χ2v) is 5.19. The molecule has 1 aliphatic heterocycles. The van der Waals surface area contributed by atoms with Crippen LogP contribution in [0.1, 0.15) is 31.2 Å². The van der Waals surface area contributed by atoms with Crippen molar-refractivity contribution in [3.05, 3.63) is 23.5 Å². The van der Waals surface area contributed by atoms with Crippen LogP contribution in [0, 0.1) is 19.8 Å². The average molecular weight is 247 g/mol. The highest BCUT2D eigenvalue weighted by Gasteiger charge is 2.20. The summed E-state index contributed by atoms with van der Waals surface area (Å²) in [4.78, 5) is 18.3. The van der Waals surface area contributed by atoms with Crippen molar-refractivity contribution in [1.29, 1.82) is 0 Å². The first-order chi connectivity index (χ1) is 8.56. The minimum atomic E-state index is -0.00402. The maximum Gasteiger partial charge on any atom is 0.321 e. The predicted octanol–water partition coefficient (Wildman–Crippen LogP) is 2.96. The first-order valence-electron chi connectivity index (χ1n) is 6.56. The molecule has 4 heteroatoms. The highest BCUT2D eigenvalue weighted by Crippen LogP contribution is 2.18. The van der Waals surface area contributed by atoms with Gasteiger partial charge in [0.2, 0.25) is 0 Å². The van der Waals surface area contributed by atoms with E-state index in [2.05, 4.69) is 17.2 Å². The highest BCUT2D eigenvalue weighted by atomic mass is 16.2. The van der Waals surface area contributed by atoms with Gasteiger partial charge in [0.25, 0.3) is 0 Å². The topological polar surface area (TPSA) is 45.2 Å². The molecule has 0 spiro atoms. The number of hydrogen-bond donors (Lipinski definition) is 1. The van der Waals surface area contributed by atoms with E-state index >= 15 is 0 Å². The van der Waals surface area contributed by atoms with E-state index in [4.69, 9.17) is 0 Å². The lowest BCUT2D eigenvalue weighted by atomic mass is 10.00. The predicted molar refractivity (Wildman–Crippen MR) is 72.7 cm³/mol. The normalized spacial score (nSPS) is 16.7. The van der Waals surface area contributed by atoms with Gasteiger partial charge in [0.1, 0.15) is 0 Å². The number of carbonyl (C=O) groups is 1. The molecule has 2 amide bonds. The number of nitrogens with zero attached hydrogens (tertiary/aromatic N) is 2. The lowest BCUT2D eigenvalue weighted by Crippen LogP contribution is -2.40. The monoisotopic (exact) mass is 247 g/mol. The number of amides is 2. The maximum absolute atomic E-state index is 12.1. The third kappa shape index (κ3) is 3.00. The number of pyridine rings is 1. The van der Waals surface area contributed by atoms with Gasteiger partial charge in [-0.1, -0.05) is 6.92 Å². The Morgan fingerprint density at radius 1 is 1.33 bits per heavy atom. The van der Waals surface area contributed by atoms with Crippen LogP contribution in [0.3, 0.4) is 0 Å². The van der Waals surface area contributed by atoms with Crippen molar-refractivity contribution in [3.8, 4) is 0 Å². The summed E-state index contributed by atoms with van der Waals surface area (Å²) in [7, 11) is 0. The Balaban J connectivity index is 1.98. The molecule has 4 nitrogen and oxygen atoms in total. The second-order valence-electron chi connectivity index (χ2n) is 5.19. The van der Waals surface area contributed by atoms with Gasteiger partial charge in [-0.15, -0.1) is 0 Å². The summed E-state index contributed by atoms with van der Waals surface area (Å²) >= 11 is 0. The number of rotatable bonds is 1. The Hall–Kier alpha value is -1.58. The van der Waals surface area contributed by atoms with E-state index in [1.807, 2.05) is 30.9 Å². The van der Waals surface area contributed by atoms with Crippen molar-refractivity contribution in [2.75, 3.05) is 18.4 Å². The SMILES string of the molecule is Cc1ccc(NC(=O)N2CCC(C)CC2)c(C)n1. The average Bonchev–Trinajstić information content (AvgIpc) is 2.33. The number of hydrogen-bond acceptors (Lipinski definition) is 2. The molecule has 2 heterocycles. The number of aromatic nitrogens is 1. The molecule has 1 fully saturated rings. The zero-order valence-electron chi connectivity index (χ0n) is 11.4. The lowest BCUT2D eigenvalue weighted by molar-refractivity contribution is 0.186. The van der Waals surface area contributed by atoms with Gasteiger partial charge in [-0.25, -0.2) is 4.79 Å². The molecule has 1 aromatic rings. The number of carbonyl (C=O) groups excluding carboxylic acids is 1. The third-order valence-corrected chi connectivity index (χ3v) is 3.54. The molecule has 0 radical (unpaired) electrons. The number of anilines is 1. The van der Waals surface area contributed by atoms with Gasteiger partial charge in [-0.05, 0) is 44.7 Å². The zero-order valence-corrected chi connectivity index (χ0v) is 11.4. The van der Waals surface area contributed by atoms with Crippen LogP contribution in [-0.2, 0) is 0 Å². The van der Waals surface area contributed by atoms with E-state index in [0.717, 1.165) is 48.9 Å². The van der Waals surface area contributed by atoms with Crippen molar-refractivity contribution in [1.82, 2.24) is 9.88 Å². The fourth-order valence-electron chi connectivity index (χ4n) is 2.22. The van der Waals surface area contributed by atoms with Crippen LogP contribution in [0.25, 0.3) is 0 Å². The smallest absolute Gasteiger partial charge is 0.321 e. The summed E-state index contributed by atoms with van der Waals surface area (Å²) in [5, 5.41) is 2.95. The van der Waals surface area contributed by atoms with Crippen LogP contribution < -0.4 is 5.32 Å². The first-order valence-corrected chi connectivity index (χ1v) is 6.56. The van der Waals surface area contributed by atoms with Crippen LogP contribution in [0.5, 0.6) is 0 Å². The minimum Gasteiger partial charge on any atom is -0.325 e. The summed E-state index contributed by atoms with van der Waals surface area (Å²) in [6.07, 6.45) is 2.19. The molecule has 0 bridgehead atoms. The molecule has 0 atom stereocenters. The van der Waals surface area contributed by atoms with Crippen LogP contribution >= 0.6 is 0 Å². The molecular formula is C14H21N3O. The number of aryl methyl sites for hydroxylation is 2. The van der Waals surface area contributed by atoms with E-state index in [1.54, 1.807) is 0 Å². The van der Waals surface area contributed by atoms with E-state index in [0.29, 0.717) is 0 Å². The molecule has 0 saturated carbocycles. The van der Waals surface area contributed by atoms with E-state index in [9.17, 15) is 4.79 Å². The standard InChI is InChI=1S/C14H21N3O/c1-10-6-8-17(9-7-10)14(18)16-13-5-4-11(2)15-12(13)3/h4-5,10H,6-9H2,1-3H3,(H,16,18). The fraction of sp³-hybridized carbons (Fsp3) is 0.571. The zero-order chi connectivity index (χ0) is 13.1. The Kier molecular flexibility index (Phi) is 3.84. The van der Waals surface area contributed by atoms with Crippen molar-refractivity contribution in [3.63, 3.8) is 0 Å². The number of likely N-dealkylation sites (tertiary alicyclic amines) is 1. The number of nitrogens with one attached hydrogen (secondary N) is 1. The Labute approximate surface area is 108 Å². The van der Waals surface area contributed by atoms with Crippen LogP contribution in [0.2, 0.25) is 0 Å². The van der Waals surface area contributed by atoms with Gasteiger partial charge in [0, 0.05) is 18.8 Å². The number of piperidine rings is 1. The van der Waals surface area contributed by atoms with Crippen LogP contribution in [0.15, 0.2) is 12.1 Å². The summed E-state index contributed by atoms with van der Waals surface area (Å²) in [5.74, 6) is 0.733. The van der Waals surface area contributed by atoms with Gasteiger partial charge in [-0.2, -0.15) is 0 Å². The Morgan fingerprint density at radius 2 is 2.00 bits per heavy atom. The fourth-order valence-corrected chi connectivity index (χ4v) is 2.22. The first kappa shape index (κ1) is 12.9. The van der Waals surface area contributed by atoms with Crippen molar-refractivity contribution < 1.29 is 4.79 Å². The summed E-state index contributed by atoms with van der Waals surface area (Å²) in [5.41, 5.74) is 2.65. The summed E-state index contributed by atoms with van der Waals surface area (Å²) in [6, 6.07) is 3.83. The van der Waals surface area contributed by atoms with Crippen LogP contribution in [0.4, 0.5) is 10.5 Å². The Bertz CT molecular complexity index is 437. The van der Waals surface area contributed by atoms with E-state index in [1.165, 1.54) is 0 Å². The molecule has 18 heavy (non-hydrogen) atoms. The molecule has 2 rings (SSSR count). The van der Waals surface area contributed by atoms with Crippen molar-refractivity contribution >= 4 is 11.7 Å². The van der Waals surface area contributed by atoms with Gasteiger partial charge >= 0.3 is 6.03 Å². The van der Waals surface area contributed by atoms with Crippen molar-refractivity contribution in [2.24, 2.45) is 5.92 Å². The maximum atomic E-state index is 12.1. The lowest BCUT2D eigenvalue weighted by Gasteiger charge is -2.30. The van der Waals surface area contributed by atoms with Gasteiger partial charge in [0.15, 0.2) is 0 Å². The minimum absolute atomic E-state index is 0.00402. The van der Waals surface area contributed by atoms with Gasteiger partial charge < -0.3 is 10.2 Å².